The molecule has 2 saturated carbocycles. The fourth-order valence-corrected chi connectivity index (χ4v) is 3.92. The Bertz CT molecular complexity index is 408. The SMILES string of the molecule is CCCN1CCC(NC(=NCCN(CC2CC2)C2CC2)NCC)CC1. The largest absolute Gasteiger partial charge is 0.357 e. The average molecular weight is 350 g/mol. The third kappa shape index (κ3) is 6.78. The van der Waals surface area contributed by atoms with Crippen LogP contribution in [0.3, 0.4) is 0 Å². The molecule has 0 aromatic carbocycles. The van der Waals surface area contributed by atoms with Gasteiger partial charge < -0.3 is 15.5 Å². The van der Waals surface area contributed by atoms with Crippen molar-refractivity contribution in [3.63, 3.8) is 0 Å². The van der Waals surface area contributed by atoms with E-state index in [0.717, 1.165) is 37.6 Å². The van der Waals surface area contributed by atoms with Crippen molar-refractivity contribution in [2.45, 2.75) is 70.9 Å². The molecule has 0 amide bonds. The highest BCUT2D eigenvalue weighted by atomic mass is 15.2. The standard InChI is InChI=1S/C20H39N5/c1-3-12-24-13-9-18(10-14-24)23-20(21-4-2)22-11-15-25(19-7-8-19)16-17-5-6-17/h17-19H,3-16H2,1-2H3,(H2,21,22,23). The predicted octanol–water partition coefficient (Wildman–Crippen LogP) is 2.29. The van der Waals surface area contributed by atoms with Gasteiger partial charge in [0.15, 0.2) is 5.96 Å². The molecule has 0 unspecified atom stereocenters. The molecule has 2 N–H and O–H groups in total. The zero-order valence-electron chi connectivity index (χ0n) is 16.5. The Morgan fingerprint density at radius 2 is 1.84 bits per heavy atom. The lowest BCUT2D eigenvalue weighted by Crippen LogP contribution is -2.49. The van der Waals surface area contributed by atoms with Crippen LogP contribution < -0.4 is 10.6 Å². The van der Waals surface area contributed by atoms with Crippen LogP contribution in [-0.2, 0) is 0 Å². The molecule has 25 heavy (non-hydrogen) atoms. The van der Waals surface area contributed by atoms with Gasteiger partial charge >= 0.3 is 0 Å². The fraction of sp³-hybridized carbons (Fsp3) is 0.950. The van der Waals surface area contributed by atoms with Crippen molar-refractivity contribution in [2.24, 2.45) is 10.9 Å². The second kappa shape index (κ2) is 9.77. The average Bonchev–Trinajstić information content (AvgIpc) is 3.49. The molecule has 2 aliphatic carbocycles. The van der Waals surface area contributed by atoms with Crippen molar-refractivity contribution >= 4 is 5.96 Å². The third-order valence-corrected chi connectivity index (χ3v) is 5.72. The summed E-state index contributed by atoms with van der Waals surface area (Å²) in [5.74, 6) is 2.02. The normalized spacial score (nSPS) is 23.2. The Labute approximate surface area is 154 Å². The molecule has 0 aromatic heterocycles. The van der Waals surface area contributed by atoms with Gasteiger partial charge in [-0.25, -0.2) is 0 Å². The summed E-state index contributed by atoms with van der Waals surface area (Å²) in [6.45, 7) is 12.4. The fourth-order valence-electron chi connectivity index (χ4n) is 3.92. The summed E-state index contributed by atoms with van der Waals surface area (Å²) in [5, 5.41) is 7.13. The van der Waals surface area contributed by atoms with Crippen molar-refractivity contribution in [1.29, 1.82) is 0 Å². The molecule has 1 saturated heterocycles. The lowest BCUT2D eigenvalue weighted by atomic mass is 10.1. The zero-order valence-corrected chi connectivity index (χ0v) is 16.5. The monoisotopic (exact) mass is 349 g/mol. The molecule has 3 aliphatic rings. The molecule has 0 radical (unpaired) electrons. The number of aliphatic imine (C=N–C) groups is 1. The molecule has 5 nitrogen and oxygen atoms in total. The van der Waals surface area contributed by atoms with Crippen molar-refractivity contribution in [2.75, 3.05) is 45.8 Å². The minimum absolute atomic E-state index is 0.580. The summed E-state index contributed by atoms with van der Waals surface area (Å²) in [6.07, 6.45) is 9.46. The molecule has 0 spiro atoms. The third-order valence-electron chi connectivity index (χ3n) is 5.72. The Morgan fingerprint density at radius 1 is 1.08 bits per heavy atom. The van der Waals surface area contributed by atoms with E-state index in [2.05, 4.69) is 34.3 Å². The van der Waals surface area contributed by atoms with Gasteiger partial charge in [-0.15, -0.1) is 0 Å². The van der Waals surface area contributed by atoms with E-state index in [4.69, 9.17) is 4.99 Å². The Morgan fingerprint density at radius 3 is 2.44 bits per heavy atom. The second-order valence-electron chi connectivity index (χ2n) is 8.19. The maximum absolute atomic E-state index is 4.88. The highest BCUT2D eigenvalue weighted by Crippen LogP contribution is 2.34. The molecule has 1 aliphatic heterocycles. The maximum atomic E-state index is 4.88. The molecule has 0 aromatic rings. The van der Waals surface area contributed by atoms with E-state index >= 15 is 0 Å². The summed E-state index contributed by atoms with van der Waals surface area (Å²) in [6, 6.07) is 1.45. The molecule has 0 bridgehead atoms. The van der Waals surface area contributed by atoms with E-state index in [0.29, 0.717) is 6.04 Å². The summed E-state index contributed by atoms with van der Waals surface area (Å²) < 4.78 is 0. The van der Waals surface area contributed by atoms with Crippen molar-refractivity contribution in [1.82, 2.24) is 20.4 Å². The van der Waals surface area contributed by atoms with Crippen LogP contribution in [0, 0.1) is 5.92 Å². The lowest BCUT2D eigenvalue weighted by molar-refractivity contribution is 0.206. The van der Waals surface area contributed by atoms with E-state index in [9.17, 15) is 0 Å². The van der Waals surface area contributed by atoms with Gasteiger partial charge in [0.1, 0.15) is 0 Å². The molecule has 0 atom stereocenters. The first kappa shape index (κ1) is 19.0. The second-order valence-corrected chi connectivity index (χ2v) is 8.19. The van der Waals surface area contributed by atoms with Crippen LogP contribution in [0.2, 0.25) is 0 Å². The van der Waals surface area contributed by atoms with Crippen LogP contribution in [0.25, 0.3) is 0 Å². The van der Waals surface area contributed by atoms with Crippen LogP contribution in [-0.4, -0.2) is 73.7 Å². The van der Waals surface area contributed by atoms with Gasteiger partial charge in [0, 0.05) is 44.8 Å². The van der Waals surface area contributed by atoms with Crippen LogP contribution in [0.1, 0.15) is 58.8 Å². The summed E-state index contributed by atoms with van der Waals surface area (Å²) in [7, 11) is 0. The number of likely N-dealkylation sites (tertiary alicyclic amines) is 1. The van der Waals surface area contributed by atoms with Gasteiger partial charge in [0.05, 0.1) is 6.54 Å². The number of rotatable bonds is 10. The number of nitrogens with zero attached hydrogens (tertiary/aromatic N) is 3. The van der Waals surface area contributed by atoms with Gasteiger partial charge in [-0.2, -0.15) is 0 Å². The van der Waals surface area contributed by atoms with Gasteiger partial charge in [-0.3, -0.25) is 9.89 Å². The van der Waals surface area contributed by atoms with E-state index in [1.54, 1.807) is 0 Å². The summed E-state index contributed by atoms with van der Waals surface area (Å²) in [4.78, 5) is 10.2. The van der Waals surface area contributed by atoms with Crippen LogP contribution in [0.15, 0.2) is 4.99 Å². The Balaban J connectivity index is 1.41. The van der Waals surface area contributed by atoms with Gasteiger partial charge in [-0.05, 0) is 64.3 Å². The molecule has 144 valence electrons. The van der Waals surface area contributed by atoms with E-state index in [1.165, 1.54) is 71.1 Å². The summed E-state index contributed by atoms with van der Waals surface area (Å²) in [5.41, 5.74) is 0. The first-order chi connectivity index (χ1) is 12.3. The number of hydrogen-bond donors (Lipinski definition) is 2. The highest BCUT2D eigenvalue weighted by Gasteiger charge is 2.33. The maximum Gasteiger partial charge on any atom is 0.191 e. The molecule has 1 heterocycles. The van der Waals surface area contributed by atoms with Crippen molar-refractivity contribution in [3.8, 4) is 0 Å². The number of guanidine groups is 1. The van der Waals surface area contributed by atoms with Crippen molar-refractivity contribution < 1.29 is 0 Å². The molecule has 3 rings (SSSR count). The minimum atomic E-state index is 0.580. The predicted molar refractivity (Wildman–Crippen MR) is 106 cm³/mol. The van der Waals surface area contributed by atoms with E-state index < -0.39 is 0 Å². The zero-order chi connectivity index (χ0) is 17.5. The smallest absolute Gasteiger partial charge is 0.191 e. The first-order valence-electron chi connectivity index (χ1n) is 10.8. The molecule has 5 heteroatoms. The highest BCUT2D eigenvalue weighted by molar-refractivity contribution is 5.80. The first-order valence-corrected chi connectivity index (χ1v) is 10.8. The number of hydrogen-bond acceptors (Lipinski definition) is 3. The number of piperidine rings is 1. The van der Waals surface area contributed by atoms with Gasteiger partial charge in [-0.1, -0.05) is 6.92 Å². The quantitative estimate of drug-likeness (QED) is 0.469. The molecule has 3 fully saturated rings. The lowest BCUT2D eigenvalue weighted by Gasteiger charge is -2.32. The Hall–Kier alpha value is -0.810. The summed E-state index contributed by atoms with van der Waals surface area (Å²) >= 11 is 0. The van der Waals surface area contributed by atoms with Gasteiger partial charge in [0.2, 0.25) is 0 Å². The minimum Gasteiger partial charge on any atom is -0.357 e. The number of nitrogens with one attached hydrogen (secondary N) is 2. The molecular formula is C20H39N5. The van der Waals surface area contributed by atoms with Crippen LogP contribution >= 0.6 is 0 Å². The van der Waals surface area contributed by atoms with E-state index in [-0.39, 0.29) is 0 Å². The Kier molecular flexibility index (Phi) is 7.41. The van der Waals surface area contributed by atoms with E-state index in [1.807, 2.05) is 0 Å². The molecular weight excluding hydrogens is 310 g/mol. The van der Waals surface area contributed by atoms with Crippen LogP contribution in [0.4, 0.5) is 0 Å². The van der Waals surface area contributed by atoms with Gasteiger partial charge in [0.25, 0.3) is 0 Å². The van der Waals surface area contributed by atoms with Crippen molar-refractivity contribution in [3.05, 3.63) is 0 Å². The topological polar surface area (TPSA) is 42.9 Å². The van der Waals surface area contributed by atoms with Crippen LogP contribution in [0.5, 0.6) is 0 Å².